The monoisotopic (exact) mass is 238 g/mol. The van der Waals surface area contributed by atoms with Gasteiger partial charge < -0.3 is 5.11 Å². The third-order valence-electron chi connectivity index (χ3n) is 3.16. The van der Waals surface area contributed by atoms with E-state index in [9.17, 15) is 0 Å². The average Bonchev–Trinajstić information content (AvgIpc) is 2.30. The van der Waals surface area contributed by atoms with Crippen LogP contribution in [0.25, 0.3) is 0 Å². The van der Waals surface area contributed by atoms with Crippen molar-refractivity contribution >= 4 is 0 Å². The maximum atomic E-state index is 8.95. The van der Waals surface area contributed by atoms with Crippen molar-refractivity contribution in [2.75, 3.05) is 6.61 Å². The average molecular weight is 238 g/mol. The van der Waals surface area contributed by atoms with Crippen molar-refractivity contribution in [2.45, 2.75) is 60.3 Å². The maximum Gasteiger partial charge on any atom is 0.0456 e. The maximum absolute atomic E-state index is 8.95. The van der Waals surface area contributed by atoms with Crippen LogP contribution in [-0.2, 0) is 0 Å². The van der Waals surface area contributed by atoms with Crippen LogP contribution in [-0.4, -0.2) is 11.7 Å². The van der Waals surface area contributed by atoms with E-state index in [0.717, 1.165) is 18.8 Å². The highest BCUT2D eigenvalue weighted by Gasteiger charge is 2.04. The second kappa shape index (κ2) is 9.54. The Bertz CT molecular complexity index is 234. The van der Waals surface area contributed by atoms with Crippen molar-refractivity contribution in [3.63, 3.8) is 0 Å². The molecule has 0 fully saturated rings. The third-order valence-corrected chi connectivity index (χ3v) is 3.16. The Labute approximate surface area is 108 Å². The quantitative estimate of drug-likeness (QED) is 0.662. The molecule has 17 heavy (non-hydrogen) atoms. The van der Waals surface area contributed by atoms with Crippen LogP contribution < -0.4 is 0 Å². The van der Waals surface area contributed by atoms with Crippen LogP contribution in [0.15, 0.2) is 0 Å². The van der Waals surface area contributed by atoms with Crippen LogP contribution in [0.4, 0.5) is 0 Å². The topological polar surface area (TPSA) is 20.2 Å². The summed E-state index contributed by atoms with van der Waals surface area (Å²) in [5, 5.41) is 8.95. The fourth-order valence-corrected chi connectivity index (χ4v) is 1.64. The lowest BCUT2D eigenvalue weighted by molar-refractivity contribution is 0.225. The van der Waals surface area contributed by atoms with E-state index in [4.69, 9.17) is 5.11 Å². The van der Waals surface area contributed by atoms with Crippen LogP contribution in [0, 0.1) is 35.5 Å². The third kappa shape index (κ3) is 10.4. The lowest BCUT2D eigenvalue weighted by atomic mass is 9.96. The minimum atomic E-state index is 0.297. The van der Waals surface area contributed by atoms with Crippen molar-refractivity contribution in [2.24, 2.45) is 23.7 Å². The molecule has 0 radical (unpaired) electrons. The van der Waals surface area contributed by atoms with Gasteiger partial charge in [0.05, 0.1) is 0 Å². The molecule has 1 heteroatoms. The summed E-state index contributed by atoms with van der Waals surface area (Å²) in [6, 6.07) is 0. The van der Waals surface area contributed by atoms with Crippen molar-refractivity contribution in [3.05, 3.63) is 0 Å². The zero-order chi connectivity index (χ0) is 13.3. The highest BCUT2D eigenvalue weighted by atomic mass is 16.3. The zero-order valence-corrected chi connectivity index (χ0v) is 12.3. The fourth-order valence-electron chi connectivity index (χ4n) is 1.64. The number of rotatable bonds is 7. The highest BCUT2D eigenvalue weighted by Crippen LogP contribution is 2.13. The Balaban J connectivity index is 3.82. The Hall–Kier alpha value is -0.480. The van der Waals surface area contributed by atoms with Crippen molar-refractivity contribution < 1.29 is 5.11 Å². The van der Waals surface area contributed by atoms with Gasteiger partial charge in [0.25, 0.3) is 0 Å². The van der Waals surface area contributed by atoms with Gasteiger partial charge in [-0.15, -0.1) is 0 Å². The van der Waals surface area contributed by atoms with Gasteiger partial charge in [-0.1, -0.05) is 46.5 Å². The van der Waals surface area contributed by atoms with Crippen LogP contribution in [0.2, 0.25) is 0 Å². The molecule has 0 amide bonds. The minimum absolute atomic E-state index is 0.297. The Kier molecular flexibility index (Phi) is 9.27. The molecule has 3 atom stereocenters. The number of aliphatic hydroxyl groups excluding tert-OH is 1. The second-order valence-electron chi connectivity index (χ2n) is 5.93. The molecule has 1 N–H and O–H groups in total. The molecule has 0 aliphatic heterocycles. The van der Waals surface area contributed by atoms with E-state index in [1.165, 1.54) is 12.8 Å². The van der Waals surface area contributed by atoms with Gasteiger partial charge in [0.2, 0.25) is 0 Å². The van der Waals surface area contributed by atoms with Crippen molar-refractivity contribution in [3.8, 4) is 11.8 Å². The Morgan fingerprint density at radius 2 is 1.24 bits per heavy atom. The van der Waals surface area contributed by atoms with Crippen LogP contribution in [0.1, 0.15) is 60.3 Å². The van der Waals surface area contributed by atoms with Gasteiger partial charge in [0.15, 0.2) is 0 Å². The summed E-state index contributed by atoms with van der Waals surface area (Å²) < 4.78 is 0. The molecular weight excluding hydrogens is 208 g/mol. The molecular formula is C16H30O. The predicted molar refractivity (Wildman–Crippen MR) is 75.7 cm³/mol. The van der Waals surface area contributed by atoms with Gasteiger partial charge in [-0.2, -0.15) is 0 Å². The number of hydrogen-bond donors (Lipinski definition) is 1. The zero-order valence-electron chi connectivity index (χ0n) is 12.3. The molecule has 0 aromatic heterocycles. The van der Waals surface area contributed by atoms with Gasteiger partial charge in [-0.05, 0) is 37.5 Å². The summed E-state index contributed by atoms with van der Waals surface area (Å²) >= 11 is 0. The van der Waals surface area contributed by atoms with E-state index in [0.29, 0.717) is 24.4 Å². The molecule has 0 aliphatic carbocycles. The molecule has 0 rings (SSSR count). The first-order chi connectivity index (χ1) is 7.95. The molecule has 0 aromatic rings. The Morgan fingerprint density at radius 3 is 1.65 bits per heavy atom. The van der Waals surface area contributed by atoms with Crippen molar-refractivity contribution in [1.29, 1.82) is 0 Å². The van der Waals surface area contributed by atoms with Crippen LogP contribution >= 0.6 is 0 Å². The van der Waals surface area contributed by atoms with Gasteiger partial charge in [-0.3, -0.25) is 0 Å². The van der Waals surface area contributed by atoms with E-state index in [-0.39, 0.29) is 0 Å². The molecule has 0 aliphatic rings. The predicted octanol–water partition coefficient (Wildman–Crippen LogP) is 4.11. The molecule has 0 saturated carbocycles. The first kappa shape index (κ1) is 16.5. The summed E-state index contributed by atoms with van der Waals surface area (Å²) in [4.78, 5) is 0. The second-order valence-corrected chi connectivity index (χ2v) is 5.93. The van der Waals surface area contributed by atoms with E-state index in [1.54, 1.807) is 0 Å². The normalized spacial score (nSPS) is 16.2. The molecule has 0 saturated heterocycles. The standard InChI is InChI=1S/C16H30O/c1-13(2)6-7-14(3)8-9-15(4)10-11-16(5)12-17/h13-17H,6-7,10-12H2,1-5H3. The van der Waals surface area contributed by atoms with E-state index >= 15 is 0 Å². The van der Waals surface area contributed by atoms with Gasteiger partial charge >= 0.3 is 0 Å². The highest BCUT2D eigenvalue weighted by molar-refractivity contribution is 5.05. The fraction of sp³-hybridized carbons (Fsp3) is 0.875. The summed E-state index contributed by atoms with van der Waals surface area (Å²) in [5.74, 6) is 8.90. The Morgan fingerprint density at radius 1 is 0.765 bits per heavy atom. The van der Waals surface area contributed by atoms with Crippen LogP contribution in [0.5, 0.6) is 0 Å². The molecule has 100 valence electrons. The molecule has 3 unspecified atom stereocenters. The van der Waals surface area contributed by atoms with Gasteiger partial charge in [0.1, 0.15) is 0 Å². The van der Waals surface area contributed by atoms with E-state index < -0.39 is 0 Å². The number of aliphatic hydroxyl groups is 1. The van der Waals surface area contributed by atoms with E-state index in [2.05, 4.69) is 46.5 Å². The summed E-state index contributed by atoms with van der Waals surface area (Å²) in [7, 11) is 0. The first-order valence-corrected chi connectivity index (χ1v) is 7.07. The molecule has 0 spiro atoms. The lowest BCUT2D eigenvalue weighted by Gasteiger charge is -2.10. The smallest absolute Gasteiger partial charge is 0.0456 e. The summed E-state index contributed by atoms with van der Waals surface area (Å²) in [6.07, 6.45) is 4.66. The summed E-state index contributed by atoms with van der Waals surface area (Å²) in [5.41, 5.74) is 0. The molecule has 0 bridgehead atoms. The molecule has 0 heterocycles. The molecule has 0 aromatic carbocycles. The van der Waals surface area contributed by atoms with Crippen molar-refractivity contribution in [1.82, 2.24) is 0 Å². The first-order valence-electron chi connectivity index (χ1n) is 7.07. The number of hydrogen-bond acceptors (Lipinski definition) is 1. The minimum Gasteiger partial charge on any atom is -0.396 e. The lowest BCUT2D eigenvalue weighted by Crippen LogP contribution is -2.03. The van der Waals surface area contributed by atoms with Gasteiger partial charge in [-0.25, -0.2) is 0 Å². The molecule has 1 nitrogen and oxygen atoms in total. The van der Waals surface area contributed by atoms with Gasteiger partial charge in [0, 0.05) is 18.4 Å². The van der Waals surface area contributed by atoms with E-state index in [1.807, 2.05) is 0 Å². The SMILES string of the molecule is CC(C)CCC(C)C#CC(C)CCC(C)CO. The summed E-state index contributed by atoms with van der Waals surface area (Å²) in [6.45, 7) is 11.3. The van der Waals surface area contributed by atoms with Crippen LogP contribution in [0.3, 0.4) is 0 Å². The largest absolute Gasteiger partial charge is 0.396 e.